The van der Waals surface area contributed by atoms with Gasteiger partial charge in [0.05, 0.1) is 19.1 Å². The molecule has 0 aromatic heterocycles. The zero-order valence-electron chi connectivity index (χ0n) is 10.0. The van der Waals surface area contributed by atoms with Crippen LogP contribution >= 0.6 is 0 Å². The first kappa shape index (κ1) is 14.5. The monoisotopic (exact) mass is 225 g/mol. The van der Waals surface area contributed by atoms with E-state index in [2.05, 4.69) is 16.6 Å². The van der Waals surface area contributed by atoms with Crippen LogP contribution in [0.5, 0.6) is 0 Å². The van der Waals surface area contributed by atoms with E-state index < -0.39 is 6.04 Å². The zero-order chi connectivity index (χ0) is 12.6. The van der Waals surface area contributed by atoms with Crippen LogP contribution in [0, 0.1) is 12.3 Å². The fourth-order valence-electron chi connectivity index (χ4n) is 0.936. The second-order valence-electron chi connectivity index (χ2n) is 3.43. The molecule has 2 N–H and O–H groups in total. The lowest BCUT2D eigenvalue weighted by Gasteiger charge is -2.17. The summed E-state index contributed by atoms with van der Waals surface area (Å²) in [4.78, 5) is 24.4. The Kier molecular flexibility index (Phi) is 6.97. The SMILES string of the molecule is C#CCNC(=O)C(C)NCC(=O)N(C)CC. The van der Waals surface area contributed by atoms with E-state index in [1.54, 1.807) is 18.9 Å². The van der Waals surface area contributed by atoms with Gasteiger partial charge in [0.2, 0.25) is 11.8 Å². The van der Waals surface area contributed by atoms with Crippen LogP contribution in [0.1, 0.15) is 13.8 Å². The van der Waals surface area contributed by atoms with Gasteiger partial charge >= 0.3 is 0 Å². The van der Waals surface area contributed by atoms with Crippen LogP contribution in [0.15, 0.2) is 0 Å². The van der Waals surface area contributed by atoms with Crippen molar-refractivity contribution in [2.75, 3.05) is 26.7 Å². The van der Waals surface area contributed by atoms with E-state index in [0.717, 1.165) is 0 Å². The molecule has 0 aliphatic carbocycles. The molecule has 0 aliphatic heterocycles. The molecular weight excluding hydrogens is 206 g/mol. The third-order valence-electron chi connectivity index (χ3n) is 2.22. The summed E-state index contributed by atoms with van der Waals surface area (Å²) in [6.45, 7) is 4.58. The van der Waals surface area contributed by atoms with Gasteiger partial charge in [0.25, 0.3) is 0 Å². The average Bonchev–Trinajstić information content (AvgIpc) is 2.31. The molecule has 0 rings (SSSR count). The Hall–Kier alpha value is -1.54. The number of likely N-dealkylation sites (N-methyl/N-ethyl adjacent to an activating group) is 1. The van der Waals surface area contributed by atoms with Gasteiger partial charge in [-0.25, -0.2) is 0 Å². The Balaban J connectivity index is 3.89. The molecule has 1 atom stereocenters. The predicted octanol–water partition coefficient (Wildman–Crippen LogP) is -0.808. The normalized spacial score (nSPS) is 11.4. The topological polar surface area (TPSA) is 61.4 Å². The number of hydrogen-bond donors (Lipinski definition) is 2. The summed E-state index contributed by atoms with van der Waals surface area (Å²) in [5.74, 6) is 2.06. The van der Waals surface area contributed by atoms with Gasteiger partial charge in [0.15, 0.2) is 0 Å². The minimum atomic E-state index is -0.428. The predicted molar refractivity (Wildman–Crippen MR) is 62.6 cm³/mol. The molecule has 0 aromatic rings. The number of carbonyl (C=O) groups is 2. The van der Waals surface area contributed by atoms with E-state index in [-0.39, 0.29) is 24.9 Å². The van der Waals surface area contributed by atoms with E-state index in [9.17, 15) is 9.59 Å². The molecule has 0 heterocycles. The van der Waals surface area contributed by atoms with E-state index in [1.165, 1.54) is 0 Å². The van der Waals surface area contributed by atoms with Crippen molar-refractivity contribution in [3.05, 3.63) is 0 Å². The maximum absolute atomic E-state index is 11.4. The van der Waals surface area contributed by atoms with Crippen LogP contribution in [0.2, 0.25) is 0 Å². The average molecular weight is 225 g/mol. The van der Waals surface area contributed by atoms with Crippen molar-refractivity contribution in [2.24, 2.45) is 0 Å². The van der Waals surface area contributed by atoms with Crippen LogP contribution in [0.4, 0.5) is 0 Å². The number of amides is 2. The van der Waals surface area contributed by atoms with E-state index in [0.29, 0.717) is 6.54 Å². The highest BCUT2D eigenvalue weighted by Crippen LogP contribution is 1.85. The van der Waals surface area contributed by atoms with Gasteiger partial charge in [-0.05, 0) is 13.8 Å². The third kappa shape index (κ3) is 5.37. The number of terminal acetylenes is 1. The zero-order valence-corrected chi connectivity index (χ0v) is 10.0. The fraction of sp³-hybridized carbons (Fsp3) is 0.636. The summed E-state index contributed by atoms with van der Waals surface area (Å²) < 4.78 is 0. The third-order valence-corrected chi connectivity index (χ3v) is 2.22. The number of hydrogen-bond acceptors (Lipinski definition) is 3. The number of nitrogens with zero attached hydrogens (tertiary/aromatic N) is 1. The summed E-state index contributed by atoms with van der Waals surface area (Å²) in [6.07, 6.45) is 5.01. The van der Waals surface area contributed by atoms with Crippen LogP contribution in [-0.4, -0.2) is 49.4 Å². The standard InChI is InChI=1S/C11H19N3O2/c1-5-7-12-11(16)9(3)13-8-10(15)14(4)6-2/h1,9,13H,6-8H2,2-4H3,(H,12,16). The molecule has 0 bridgehead atoms. The molecule has 16 heavy (non-hydrogen) atoms. The van der Waals surface area contributed by atoms with Gasteiger partial charge in [-0.3, -0.25) is 14.9 Å². The van der Waals surface area contributed by atoms with Crippen molar-refractivity contribution >= 4 is 11.8 Å². The van der Waals surface area contributed by atoms with E-state index in [4.69, 9.17) is 6.42 Å². The van der Waals surface area contributed by atoms with Gasteiger partial charge in [-0.2, -0.15) is 0 Å². The molecule has 0 spiro atoms. The highest BCUT2D eigenvalue weighted by molar-refractivity contribution is 5.83. The second-order valence-corrected chi connectivity index (χ2v) is 3.43. The first-order valence-electron chi connectivity index (χ1n) is 5.21. The van der Waals surface area contributed by atoms with Gasteiger partial charge in [0.1, 0.15) is 0 Å². The summed E-state index contributed by atoms with van der Waals surface area (Å²) in [7, 11) is 1.72. The molecule has 5 nitrogen and oxygen atoms in total. The lowest BCUT2D eigenvalue weighted by atomic mass is 10.3. The molecule has 0 radical (unpaired) electrons. The maximum Gasteiger partial charge on any atom is 0.237 e. The second kappa shape index (κ2) is 7.71. The fourth-order valence-corrected chi connectivity index (χ4v) is 0.936. The number of carbonyl (C=O) groups excluding carboxylic acids is 2. The first-order valence-corrected chi connectivity index (χ1v) is 5.21. The molecule has 90 valence electrons. The Morgan fingerprint density at radius 3 is 2.62 bits per heavy atom. The van der Waals surface area contributed by atoms with Crippen molar-refractivity contribution in [1.82, 2.24) is 15.5 Å². The smallest absolute Gasteiger partial charge is 0.237 e. The Bertz CT molecular complexity index is 283. The molecular formula is C11H19N3O2. The van der Waals surface area contributed by atoms with Crippen LogP contribution in [-0.2, 0) is 9.59 Å². The highest BCUT2D eigenvalue weighted by atomic mass is 16.2. The van der Waals surface area contributed by atoms with Crippen LogP contribution in [0.25, 0.3) is 0 Å². The Morgan fingerprint density at radius 1 is 1.50 bits per heavy atom. The van der Waals surface area contributed by atoms with Crippen molar-refractivity contribution in [3.8, 4) is 12.3 Å². The molecule has 0 saturated carbocycles. The van der Waals surface area contributed by atoms with Gasteiger partial charge in [-0.15, -0.1) is 6.42 Å². The van der Waals surface area contributed by atoms with Crippen molar-refractivity contribution in [3.63, 3.8) is 0 Å². The molecule has 0 saturated heterocycles. The molecule has 0 aromatic carbocycles. The lowest BCUT2D eigenvalue weighted by molar-refractivity contribution is -0.129. The van der Waals surface area contributed by atoms with E-state index >= 15 is 0 Å². The molecule has 0 fully saturated rings. The van der Waals surface area contributed by atoms with Crippen molar-refractivity contribution < 1.29 is 9.59 Å². The minimum absolute atomic E-state index is 0.0425. The Morgan fingerprint density at radius 2 is 2.12 bits per heavy atom. The molecule has 2 amide bonds. The lowest BCUT2D eigenvalue weighted by Crippen LogP contribution is -2.46. The summed E-state index contributed by atoms with van der Waals surface area (Å²) in [6, 6.07) is -0.428. The quantitative estimate of drug-likeness (QED) is 0.581. The summed E-state index contributed by atoms with van der Waals surface area (Å²) in [5, 5.41) is 5.37. The van der Waals surface area contributed by atoms with Gasteiger partial charge in [0, 0.05) is 13.6 Å². The number of nitrogens with one attached hydrogen (secondary N) is 2. The highest BCUT2D eigenvalue weighted by Gasteiger charge is 2.13. The maximum atomic E-state index is 11.4. The van der Waals surface area contributed by atoms with E-state index in [1.807, 2.05) is 6.92 Å². The summed E-state index contributed by atoms with van der Waals surface area (Å²) in [5.41, 5.74) is 0. The van der Waals surface area contributed by atoms with Gasteiger partial charge in [-0.1, -0.05) is 5.92 Å². The first-order chi connectivity index (χ1) is 7.52. The molecule has 5 heteroatoms. The largest absolute Gasteiger partial charge is 0.345 e. The molecule has 1 unspecified atom stereocenters. The van der Waals surface area contributed by atoms with Crippen LogP contribution in [0.3, 0.4) is 0 Å². The van der Waals surface area contributed by atoms with Crippen molar-refractivity contribution in [2.45, 2.75) is 19.9 Å². The van der Waals surface area contributed by atoms with Gasteiger partial charge < -0.3 is 10.2 Å². The molecule has 0 aliphatic rings. The minimum Gasteiger partial charge on any atom is -0.345 e. The number of rotatable bonds is 6. The Labute approximate surface area is 96.6 Å². The summed E-state index contributed by atoms with van der Waals surface area (Å²) >= 11 is 0. The van der Waals surface area contributed by atoms with Crippen LogP contribution < -0.4 is 10.6 Å². The van der Waals surface area contributed by atoms with Crippen molar-refractivity contribution in [1.29, 1.82) is 0 Å².